The molecule has 0 aliphatic carbocycles. The third-order valence-corrected chi connectivity index (χ3v) is 1.21. The van der Waals surface area contributed by atoms with Crippen LogP contribution >= 0.6 is 0 Å². The minimum absolute atomic E-state index is 0.00505. The van der Waals surface area contributed by atoms with Gasteiger partial charge in [-0.15, -0.1) is 0 Å². The van der Waals surface area contributed by atoms with Crippen molar-refractivity contribution < 1.29 is 24.5 Å². The molecule has 0 spiro atoms. The highest BCUT2D eigenvalue weighted by Crippen LogP contribution is 2.05. The molecular formula is C10H22N2O5. The zero-order valence-corrected chi connectivity index (χ0v) is 10.5. The highest BCUT2D eigenvalue weighted by molar-refractivity contribution is 5.71. The Morgan fingerprint density at radius 3 is 2.29 bits per heavy atom. The molecule has 0 aromatic carbocycles. The van der Waals surface area contributed by atoms with E-state index in [1.165, 1.54) is 0 Å². The van der Waals surface area contributed by atoms with Gasteiger partial charge in [0.05, 0.1) is 19.3 Å². The van der Waals surface area contributed by atoms with Crippen molar-refractivity contribution in [3.63, 3.8) is 0 Å². The van der Waals surface area contributed by atoms with Gasteiger partial charge in [0, 0.05) is 6.54 Å². The van der Waals surface area contributed by atoms with Gasteiger partial charge in [-0.2, -0.15) is 0 Å². The zero-order valence-electron chi connectivity index (χ0n) is 10.5. The van der Waals surface area contributed by atoms with Crippen LogP contribution in [0.2, 0.25) is 0 Å². The number of nitrogens with two attached hydrogens (primary N) is 1. The summed E-state index contributed by atoms with van der Waals surface area (Å²) < 4.78 is 4.83. The molecule has 102 valence electrons. The summed E-state index contributed by atoms with van der Waals surface area (Å²) in [5.41, 5.74) is 4.37. The predicted molar refractivity (Wildman–Crippen MR) is 62.4 cm³/mol. The first-order valence-corrected chi connectivity index (χ1v) is 5.16. The van der Waals surface area contributed by atoms with Crippen LogP contribution in [-0.2, 0) is 9.53 Å². The Morgan fingerprint density at radius 2 is 2.06 bits per heavy atom. The standard InChI is InChI=1S/C7H13NO3.C3H9NO2/c1-7(2,3)11-6(10)8-4-5-9;4-1-3(6)2-5/h5H,4H2,1-3H3,(H,8,10);3,5-6H,1-2,4H2. The molecule has 0 bridgehead atoms. The quantitative estimate of drug-likeness (QED) is 0.475. The summed E-state index contributed by atoms with van der Waals surface area (Å²) in [6, 6.07) is 0. The summed E-state index contributed by atoms with van der Waals surface area (Å²) >= 11 is 0. The van der Waals surface area contributed by atoms with E-state index in [4.69, 9.17) is 20.7 Å². The molecule has 0 fully saturated rings. The van der Waals surface area contributed by atoms with Gasteiger partial charge in [0.15, 0.2) is 0 Å². The van der Waals surface area contributed by atoms with Crippen molar-refractivity contribution in [1.82, 2.24) is 5.32 Å². The lowest BCUT2D eigenvalue weighted by molar-refractivity contribution is -0.107. The van der Waals surface area contributed by atoms with Crippen LogP contribution in [0.25, 0.3) is 0 Å². The van der Waals surface area contributed by atoms with E-state index in [0.29, 0.717) is 6.29 Å². The second-order valence-corrected chi connectivity index (χ2v) is 4.12. The maximum Gasteiger partial charge on any atom is 0.408 e. The number of amides is 1. The Hall–Kier alpha value is -1.18. The second-order valence-electron chi connectivity index (χ2n) is 4.12. The van der Waals surface area contributed by atoms with Gasteiger partial charge < -0.3 is 30.8 Å². The summed E-state index contributed by atoms with van der Waals surface area (Å²) in [7, 11) is 0. The maximum absolute atomic E-state index is 10.7. The molecule has 1 atom stereocenters. The highest BCUT2D eigenvalue weighted by Gasteiger charge is 2.14. The number of alkyl carbamates (subject to hydrolysis) is 1. The number of aldehydes is 1. The topological polar surface area (TPSA) is 122 Å². The van der Waals surface area contributed by atoms with E-state index in [1.54, 1.807) is 20.8 Å². The minimum Gasteiger partial charge on any atom is -0.444 e. The highest BCUT2D eigenvalue weighted by atomic mass is 16.6. The molecule has 0 saturated carbocycles. The van der Waals surface area contributed by atoms with E-state index in [-0.39, 0.29) is 19.7 Å². The molecule has 0 saturated heterocycles. The Bertz CT molecular complexity index is 211. The summed E-state index contributed by atoms with van der Waals surface area (Å²) in [5.74, 6) is 0. The molecule has 0 rings (SSSR count). The third kappa shape index (κ3) is 17.4. The van der Waals surface area contributed by atoms with Crippen LogP contribution in [0, 0.1) is 0 Å². The van der Waals surface area contributed by atoms with Crippen molar-refractivity contribution in [3.05, 3.63) is 0 Å². The zero-order chi connectivity index (χ0) is 13.9. The van der Waals surface area contributed by atoms with Gasteiger partial charge in [0.2, 0.25) is 0 Å². The van der Waals surface area contributed by atoms with Crippen molar-refractivity contribution in [2.75, 3.05) is 19.7 Å². The lowest BCUT2D eigenvalue weighted by Crippen LogP contribution is -2.33. The average molecular weight is 250 g/mol. The van der Waals surface area contributed by atoms with Gasteiger partial charge in [-0.1, -0.05) is 0 Å². The van der Waals surface area contributed by atoms with Crippen LogP contribution in [0.15, 0.2) is 0 Å². The number of hydrogen-bond donors (Lipinski definition) is 4. The minimum atomic E-state index is -0.731. The lowest BCUT2D eigenvalue weighted by atomic mass is 10.2. The fourth-order valence-corrected chi connectivity index (χ4v) is 0.514. The predicted octanol–water partition coefficient (Wildman–Crippen LogP) is -0.992. The number of nitrogens with one attached hydrogen (secondary N) is 1. The van der Waals surface area contributed by atoms with Gasteiger partial charge in [-0.05, 0) is 20.8 Å². The molecule has 17 heavy (non-hydrogen) atoms. The normalized spacial score (nSPS) is 11.9. The van der Waals surface area contributed by atoms with Crippen LogP contribution in [0.1, 0.15) is 20.8 Å². The van der Waals surface area contributed by atoms with Crippen LogP contribution in [-0.4, -0.2) is 54.0 Å². The van der Waals surface area contributed by atoms with Crippen molar-refractivity contribution in [3.8, 4) is 0 Å². The first-order valence-electron chi connectivity index (χ1n) is 5.16. The van der Waals surface area contributed by atoms with Crippen molar-refractivity contribution in [1.29, 1.82) is 0 Å². The van der Waals surface area contributed by atoms with Gasteiger partial charge in [0.1, 0.15) is 11.9 Å². The first kappa shape index (κ1) is 18.2. The number of ether oxygens (including phenoxy) is 1. The molecule has 0 radical (unpaired) electrons. The molecule has 0 aliphatic heterocycles. The molecule has 1 unspecified atom stereocenters. The smallest absolute Gasteiger partial charge is 0.408 e. The Kier molecular flexibility index (Phi) is 10.7. The molecule has 7 heteroatoms. The van der Waals surface area contributed by atoms with E-state index in [1.807, 2.05) is 0 Å². The molecule has 0 aromatic rings. The number of rotatable bonds is 4. The molecule has 7 nitrogen and oxygen atoms in total. The molecule has 0 aliphatic rings. The number of hydrogen-bond acceptors (Lipinski definition) is 6. The summed E-state index contributed by atoms with van der Waals surface area (Å²) in [6.07, 6.45) is -0.696. The van der Waals surface area contributed by atoms with E-state index in [2.05, 4.69) is 5.32 Å². The van der Waals surface area contributed by atoms with Gasteiger partial charge >= 0.3 is 6.09 Å². The number of carbonyl (C=O) groups excluding carboxylic acids is 2. The fourth-order valence-electron chi connectivity index (χ4n) is 0.514. The van der Waals surface area contributed by atoms with E-state index < -0.39 is 17.8 Å². The SMILES string of the molecule is CC(C)(C)OC(=O)NCC=O.NCC(O)CO. The first-order chi connectivity index (χ1) is 7.76. The van der Waals surface area contributed by atoms with E-state index in [9.17, 15) is 9.59 Å². The average Bonchev–Trinajstić information content (AvgIpc) is 2.23. The summed E-state index contributed by atoms with van der Waals surface area (Å²) in [6.45, 7) is 5.16. The van der Waals surface area contributed by atoms with Gasteiger partial charge in [-0.25, -0.2) is 4.79 Å². The Morgan fingerprint density at radius 1 is 1.53 bits per heavy atom. The van der Waals surface area contributed by atoms with Crippen LogP contribution in [0.4, 0.5) is 4.79 Å². The maximum atomic E-state index is 10.7. The van der Waals surface area contributed by atoms with Crippen LogP contribution in [0.3, 0.4) is 0 Å². The largest absolute Gasteiger partial charge is 0.444 e. The summed E-state index contributed by atoms with van der Waals surface area (Å²) in [4.78, 5) is 20.5. The van der Waals surface area contributed by atoms with E-state index >= 15 is 0 Å². The second kappa shape index (κ2) is 10.0. The fraction of sp³-hybridized carbons (Fsp3) is 0.800. The molecule has 1 amide bonds. The number of aliphatic hydroxyl groups excluding tert-OH is 2. The lowest BCUT2D eigenvalue weighted by Gasteiger charge is -2.18. The van der Waals surface area contributed by atoms with Crippen LogP contribution < -0.4 is 11.1 Å². The van der Waals surface area contributed by atoms with Crippen molar-refractivity contribution in [2.45, 2.75) is 32.5 Å². The van der Waals surface area contributed by atoms with Crippen molar-refractivity contribution >= 4 is 12.4 Å². The Labute approximate surface area is 101 Å². The number of carbonyl (C=O) groups is 2. The van der Waals surface area contributed by atoms with E-state index in [0.717, 1.165) is 0 Å². The van der Waals surface area contributed by atoms with Gasteiger partial charge in [-0.3, -0.25) is 0 Å². The Balaban J connectivity index is 0. The number of aliphatic hydroxyl groups is 2. The third-order valence-electron chi connectivity index (χ3n) is 1.21. The van der Waals surface area contributed by atoms with Gasteiger partial charge in [0.25, 0.3) is 0 Å². The molecular weight excluding hydrogens is 228 g/mol. The van der Waals surface area contributed by atoms with Crippen LogP contribution in [0.5, 0.6) is 0 Å². The van der Waals surface area contributed by atoms with Crippen molar-refractivity contribution in [2.24, 2.45) is 5.73 Å². The molecule has 5 N–H and O–H groups in total. The molecule has 0 aromatic heterocycles. The molecule has 0 heterocycles. The summed E-state index contributed by atoms with van der Waals surface area (Å²) in [5, 5.41) is 18.6. The monoisotopic (exact) mass is 250 g/mol.